The standard InChI is InChI=1S/C15H17N.BrH.HI/c1-16(2)12-14-10-6-7-11-15(14)13-8-4-3-5-9-13;;/h3-11H,12H2,1-2H3;2*1H/p-1. The van der Waals surface area contributed by atoms with Crippen LogP contribution in [0.1, 0.15) is 5.56 Å². The van der Waals surface area contributed by atoms with Gasteiger partial charge in [0, 0.05) is 5.56 Å². The zero-order valence-corrected chi connectivity index (χ0v) is 14.4. The summed E-state index contributed by atoms with van der Waals surface area (Å²) in [4.78, 5) is 1.45. The van der Waals surface area contributed by atoms with Gasteiger partial charge in [0.25, 0.3) is 0 Å². The van der Waals surface area contributed by atoms with Gasteiger partial charge in [-0.3, -0.25) is 0 Å². The number of hydrogen-bond donors (Lipinski definition) is 1. The molecule has 3 heteroatoms. The third kappa shape index (κ3) is 4.71. The molecule has 0 saturated carbocycles. The predicted octanol–water partition coefficient (Wildman–Crippen LogP) is -3.99. The molecular formula is C15H18BrIN-. The first-order valence-electron chi connectivity index (χ1n) is 5.70. The first-order chi connectivity index (χ1) is 7.77. The molecule has 0 fully saturated rings. The Balaban J connectivity index is 0.00000144. The molecule has 0 saturated heterocycles. The van der Waals surface area contributed by atoms with E-state index >= 15 is 0 Å². The second-order valence-corrected chi connectivity index (χ2v) is 4.41. The van der Waals surface area contributed by atoms with E-state index in [1.54, 1.807) is 0 Å². The van der Waals surface area contributed by atoms with Crippen LogP contribution in [0.4, 0.5) is 0 Å². The summed E-state index contributed by atoms with van der Waals surface area (Å²) >= 11 is 0. The van der Waals surface area contributed by atoms with Crippen molar-refractivity contribution in [3.63, 3.8) is 0 Å². The Morgan fingerprint density at radius 2 is 1.39 bits per heavy atom. The van der Waals surface area contributed by atoms with Crippen molar-refractivity contribution in [3.05, 3.63) is 60.2 Å². The Bertz CT molecular complexity index is 457. The smallest absolute Gasteiger partial charge is 0.103 e. The molecular weight excluding hydrogens is 401 g/mol. The largest absolute Gasteiger partial charge is 1.00 e. The molecule has 98 valence electrons. The van der Waals surface area contributed by atoms with Gasteiger partial charge >= 0.3 is 0 Å². The van der Waals surface area contributed by atoms with E-state index in [-0.39, 0.29) is 41.0 Å². The summed E-state index contributed by atoms with van der Waals surface area (Å²) < 4.78 is 0. The molecule has 0 aliphatic rings. The van der Waals surface area contributed by atoms with Crippen molar-refractivity contribution in [2.24, 2.45) is 0 Å². The number of hydrogen-bond acceptors (Lipinski definition) is 0. The van der Waals surface area contributed by atoms with E-state index in [9.17, 15) is 0 Å². The van der Waals surface area contributed by atoms with Gasteiger partial charge in [0.15, 0.2) is 0 Å². The fraction of sp³-hybridized carbons (Fsp3) is 0.200. The van der Waals surface area contributed by atoms with Crippen molar-refractivity contribution >= 4 is 0 Å². The molecule has 1 N–H and O–H groups in total. The van der Waals surface area contributed by atoms with E-state index < -0.39 is 0 Å². The molecule has 0 heterocycles. The summed E-state index contributed by atoms with van der Waals surface area (Å²) in [6.07, 6.45) is 0. The molecule has 0 bridgehead atoms. The fourth-order valence-corrected chi connectivity index (χ4v) is 1.95. The molecule has 18 heavy (non-hydrogen) atoms. The van der Waals surface area contributed by atoms with Crippen LogP contribution in [-0.4, -0.2) is 14.1 Å². The molecule has 0 amide bonds. The summed E-state index contributed by atoms with van der Waals surface area (Å²) in [5.74, 6) is 0. The highest BCUT2D eigenvalue weighted by atomic mass is 127. The fourth-order valence-electron chi connectivity index (χ4n) is 1.95. The van der Waals surface area contributed by atoms with Crippen LogP contribution in [0.2, 0.25) is 0 Å². The van der Waals surface area contributed by atoms with E-state index in [1.807, 2.05) is 0 Å². The maximum Gasteiger partial charge on any atom is 0.103 e. The zero-order chi connectivity index (χ0) is 11.4. The van der Waals surface area contributed by atoms with Crippen molar-refractivity contribution in [3.8, 4) is 11.1 Å². The maximum atomic E-state index is 2.22. The van der Waals surface area contributed by atoms with Gasteiger partial charge in [0.1, 0.15) is 6.54 Å². The molecule has 0 aromatic heterocycles. The van der Waals surface area contributed by atoms with E-state index in [2.05, 4.69) is 68.7 Å². The monoisotopic (exact) mass is 418 g/mol. The van der Waals surface area contributed by atoms with Gasteiger partial charge in [-0.1, -0.05) is 54.6 Å². The van der Waals surface area contributed by atoms with Crippen molar-refractivity contribution < 1.29 is 45.9 Å². The van der Waals surface area contributed by atoms with Crippen LogP contribution in [0, 0.1) is 0 Å². The van der Waals surface area contributed by atoms with Crippen molar-refractivity contribution in [2.45, 2.75) is 6.54 Å². The van der Waals surface area contributed by atoms with Crippen LogP contribution in [0.25, 0.3) is 11.1 Å². The maximum absolute atomic E-state index is 2.22. The van der Waals surface area contributed by atoms with Crippen LogP contribution in [0.5, 0.6) is 0 Å². The third-order valence-corrected chi connectivity index (χ3v) is 2.65. The highest BCUT2D eigenvalue weighted by molar-refractivity contribution is 5.66. The van der Waals surface area contributed by atoms with E-state index in [0.29, 0.717) is 0 Å². The molecule has 2 rings (SSSR count). The highest BCUT2D eigenvalue weighted by Crippen LogP contribution is 2.22. The minimum atomic E-state index is 0. The first kappa shape index (κ1) is 17.6. The molecule has 2 aromatic rings. The summed E-state index contributed by atoms with van der Waals surface area (Å²) in [5, 5.41) is 0. The quantitative estimate of drug-likeness (QED) is 0.485. The zero-order valence-electron chi connectivity index (χ0n) is 10.7. The summed E-state index contributed by atoms with van der Waals surface area (Å²) in [6.45, 7) is 1.06. The van der Waals surface area contributed by atoms with Gasteiger partial charge in [0.2, 0.25) is 0 Å². The normalized spacial score (nSPS) is 9.50. The number of halogens is 2. The molecule has 0 aliphatic carbocycles. The van der Waals surface area contributed by atoms with Gasteiger partial charge in [-0.15, -0.1) is 0 Å². The molecule has 1 nitrogen and oxygen atoms in total. The Hall–Kier alpha value is -0.390. The lowest BCUT2D eigenvalue weighted by Crippen LogP contribution is -3.04. The number of nitrogens with one attached hydrogen (secondary N) is 1. The van der Waals surface area contributed by atoms with Gasteiger partial charge in [-0.2, -0.15) is 0 Å². The van der Waals surface area contributed by atoms with Crippen molar-refractivity contribution in [2.75, 3.05) is 14.1 Å². The Kier molecular flexibility index (Phi) is 8.48. The van der Waals surface area contributed by atoms with E-state index in [4.69, 9.17) is 0 Å². The molecule has 0 aliphatic heterocycles. The Labute approximate surface area is 137 Å². The van der Waals surface area contributed by atoms with E-state index in [1.165, 1.54) is 21.6 Å². The van der Waals surface area contributed by atoms with Gasteiger partial charge < -0.3 is 45.9 Å². The minimum absolute atomic E-state index is 0. The molecule has 0 atom stereocenters. The topological polar surface area (TPSA) is 4.44 Å². The van der Waals surface area contributed by atoms with Gasteiger partial charge in [-0.05, 0) is 11.1 Å². The SMILES string of the molecule is C[NH+](C)Cc1ccccc1-c1ccccc1.[Br-].[I-]. The lowest BCUT2D eigenvalue weighted by atomic mass is 9.99. The first-order valence-corrected chi connectivity index (χ1v) is 5.70. The molecule has 0 spiro atoms. The summed E-state index contributed by atoms with van der Waals surface area (Å²) in [6, 6.07) is 19.2. The lowest BCUT2D eigenvalue weighted by molar-refractivity contribution is -0.872. The molecule has 0 radical (unpaired) electrons. The van der Waals surface area contributed by atoms with E-state index in [0.717, 1.165) is 6.54 Å². The summed E-state index contributed by atoms with van der Waals surface area (Å²) in [7, 11) is 4.36. The van der Waals surface area contributed by atoms with Crippen LogP contribution >= 0.6 is 0 Å². The molecule has 2 aromatic carbocycles. The summed E-state index contributed by atoms with van der Waals surface area (Å²) in [5.41, 5.74) is 4.07. The highest BCUT2D eigenvalue weighted by Gasteiger charge is 2.06. The lowest BCUT2D eigenvalue weighted by Gasteiger charge is -2.12. The number of rotatable bonds is 3. The van der Waals surface area contributed by atoms with Crippen LogP contribution in [0.15, 0.2) is 54.6 Å². The number of quaternary nitrogens is 1. The Morgan fingerprint density at radius 3 is 2.00 bits per heavy atom. The Morgan fingerprint density at radius 1 is 0.833 bits per heavy atom. The number of benzene rings is 2. The van der Waals surface area contributed by atoms with Gasteiger partial charge in [0.05, 0.1) is 14.1 Å². The van der Waals surface area contributed by atoms with Crippen molar-refractivity contribution in [1.82, 2.24) is 0 Å². The van der Waals surface area contributed by atoms with Crippen molar-refractivity contribution in [1.29, 1.82) is 0 Å². The molecule has 0 unspecified atom stereocenters. The van der Waals surface area contributed by atoms with Crippen LogP contribution < -0.4 is 45.9 Å². The second-order valence-electron chi connectivity index (χ2n) is 4.41. The predicted molar refractivity (Wildman–Crippen MR) is 68.4 cm³/mol. The van der Waals surface area contributed by atoms with Crippen LogP contribution in [-0.2, 0) is 6.54 Å². The van der Waals surface area contributed by atoms with Gasteiger partial charge in [-0.25, -0.2) is 0 Å². The minimum Gasteiger partial charge on any atom is -1.00 e. The average Bonchev–Trinajstić information content (AvgIpc) is 2.30. The third-order valence-electron chi connectivity index (χ3n) is 2.65. The second kappa shape index (κ2) is 8.67. The van der Waals surface area contributed by atoms with Crippen LogP contribution in [0.3, 0.4) is 0 Å². The average molecular weight is 419 g/mol.